The highest BCUT2D eigenvalue weighted by Crippen LogP contribution is 2.32. The fourth-order valence-electron chi connectivity index (χ4n) is 3.77. The average molecular weight is 445 g/mol. The van der Waals surface area contributed by atoms with Crippen molar-refractivity contribution in [1.29, 1.82) is 0 Å². The van der Waals surface area contributed by atoms with Gasteiger partial charge in [-0.25, -0.2) is 19.3 Å². The minimum Gasteiger partial charge on any atom is -0.508 e. The van der Waals surface area contributed by atoms with Crippen LogP contribution < -0.4 is 0 Å². The third-order valence-electron chi connectivity index (χ3n) is 5.29. The number of fused-ring (bicyclic) bond motifs is 5. The van der Waals surface area contributed by atoms with Crippen LogP contribution >= 0.6 is 0 Å². The summed E-state index contributed by atoms with van der Waals surface area (Å²) in [5, 5.41) is 18.2. The van der Waals surface area contributed by atoms with Crippen LogP contribution in [0.1, 0.15) is 44.9 Å². The summed E-state index contributed by atoms with van der Waals surface area (Å²) in [6, 6.07) is 14.0. The molecule has 0 aliphatic carbocycles. The van der Waals surface area contributed by atoms with Gasteiger partial charge in [-0.15, -0.1) is 5.10 Å². The molecule has 2 aromatic carbocycles. The molecule has 0 spiro atoms. The molecular weight excluding hydrogens is 426 g/mol. The van der Waals surface area contributed by atoms with Gasteiger partial charge in [0.1, 0.15) is 18.7 Å². The van der Waals surface area contributed by atoms with E-state index in [0.717, 1.165) is 5.56 Å². The van der Waals surface area contributed by atoms with E-state index >= 15 is 0 Å². The Balaban J connectivity index is 1.58. The third-order valence-corrected chi connectivity index (χ3v) is 5.29. The molecule has 1 aliphatic heterocycles. The van der Waals surface area contributed by atoms with Crippen LogP contribution in [0, 0.1) is 0 Å². The lowest BCUT2D eigenvalue weighted by Gasteiger charge is -2.10. The lowest BCUT2D eigenvalue weighted by atomic mass is 10.1. The van der Waals surface area contributed by atoms with Crippen LogP contribution in [0.4, 0.5) is 0 Å². The van der Waals surface area contributed by atoms with Gasteiger partial charge in [0.2, 0.25) is 0 Å². The van der Waals surface area contributed by atoms with Crippen LogP contribution in [-0.2, 0) is 22.5 Å². The molecule has 0 atom stereocenters. The largest absolute Gasteiger partial charge is 0.508 e. The smallest absolute Gasteiger partial charge is 0.360 e. The normalized spacial score (nSPS) is 11.7. The number of carbonyl (C=O) groups is 2. The van der Waals surface area contributed by atoms with Crippen LogP contribution in [0.2, 0.25) is 0 Å². The molecule has 3 heterocycles. The van der Waals surface area contributed by atoms with E-state index in [2.05, 4.69) is 15.3 Å². The van der Waals surface area contributed by atoms with Gasteiger partial charge in [0, 0.05) is 12.5 Å². The highest BCUT2D eigenvalue weighted by atomic mass is 16.5. The Hall–Kier alpha value is -4.47. The maximum atomic E-state index is 12.9. The molecule has 10 nitrogen and oxygen atoms in total. The molecule has 0 bridgehead atoms. The number of phenols is 1. The highest BCUT2D eigenvalue weighted by Gasteiger charge is 2.31. The predicted octanol–water partition coefficient (Wildman–Crippen LogP) is 2.60. The summed E-state index contributed by atoms with van der Waals surface area (Å²) >= 11 is 0. The van der Waals surface area contributed by atoms with Crippen molar-refractivity contribution in [3.8, 4) is 17.1 Å². The molecule has 33 heavy (non-hydrogen) atoms. The van der Waals surface area contributed by atoms with Crippen LogP contribution in [0.25, 0.3) is 11.4 Å². The van der Waals surface area contributed by atoms with E-state index in [4.69, 9.17) is 9.47 Å². The molecule has 0 fully saturated rings. The molecule has 2 aromatic heterocycles. The Morgan fingerprint density at radius 2 is 1.79 bits per heavy atom. The summed E-state index contributed by atoms with van der Waals surface area (Å²) in [6.07, 6.45) is 1.63. The molecule has 166 valence electrons. The number of ether oxygens (including phenoxy) is 2. The minimum atomic E-state index is -0.623. The van der Waals surface area contributed by atoms with Crippen LogP contribution in [-0.4, -0.2) is 48.2 Å². The zero-order valence-corrected chi connectivity index (χ0v) is 17.6. The molecular formula is C23H19N5O5. The first kappa shape index (κ1) is 20.4. The second kappa shape index (κ2) is 8.23. The van der Waals surface area contributed by atoms with Crippen molar-refractivity contribution >= 4 is 11.9 Å². The quantitative estimate of drug-likeness (QED) is 0.410. The van der Waals surface area contributed by atoms with Gasteiger partial charge >= 0.3 is 11.9 Å². The van der Waals surface area contributed by atoms with E-state index < -0.39 is 11.9 Å². The number of aromatic nitrogens is 5. The SMILES string of the molecule is CCOC(=O)c1nnn2c1Cc1c(C(=O)OCc3ccccc3)ncn1-c1ccc(O)cc1-2. The van der Waals surface area contributed by atoms with Gasteiger partial charge in [-0.05, 0) is 24.6 Å². The fraction of sp³-hybridized carbons (Fsp3) is 0.174. The first-order chi connectivity index (χ1) is 16.1. The lowest BCUT2D eigenvalue weighted by molar-refractivity contribution is 0.0464. The predicted molar refractivity (Wildman–Crippen MR) is 114 cm³/mol. The number of hydrogen-bond donors (Lipinski definition) is 1. The van der Waals surface area contributed by atoms with Gasteiger partial charge in [0.05, 0.1) is 29.4 Å². The van der Waals surface area contributed by atoms with Gasteiger partial charge in [-0.1, -0.05) is 35.5 Å². The number of esters is 2. The monoisotopic (exact) mass is 445 g/mol. The molecule has 1 N–H and O–H groups in total. The topological polar surface area (TPSA) is 121 Å². The van der Waals surface area contributed by atoms with Crippen molar-refractivity contribution in [3.63, 3.8) is 0 Å². The van der Waals surface area contributed by atoms with Gasteiger partial charge in [-0.3, -0.25) is 4.57 Å². The number of nitrogens with zero attached hydrogens (tertiary/aromatic N) is 5. The van der Waals surface area contributed by atoms with Gasteiger partial charge < -0.3 is 14.6 Å². The second-order valence-electron chi connectivity index (χ2n) is 7.34. The summed E-state index contributed by atoms with van der Waals surface area (Å²) in [6.45, 7) is 1.98. The Morgan fingerprint density at radius 1 is 1.00 bits per heavy atom. The average Bonchev–Trinajstić information content (AvgIpc) is 3.40. The van der Waals surface area contributed by atoms with Crippen molar-refractivity contribution in [3.05, 3.63) is 83.2 Å². The van der Waals surface area contributed by atoms with Crippen molar-refractivity contribution in [2.24, 2.45) is 0 Å². The van der Waals surface area contributed by atoms with E-state index in [0.29, 0.717) is 22.8 Å². The molecule has 0 unspecified atom stereocenters. The number of phenolic OH excluding ortho intramolecular Hbond substituents is 1. The molecule has 1 aliphatic rings. The second-order valence-corrected chi connectivity index (χ2v) is 7.34. The molecule has 10 heteroatoms. The minimum absolute atomic E-state index is 0.0129. The molecule has 5 rings (SSSR count). The highest BCUT2D eigenvalue weighted by molar-refractivity contribution is 5.91. The Morgan fingerprint density at radius 3 is 2.58 bits per heavy atom. The van der Waals surface area contributed by atoms with Crippen molar-refractivity contribution in [1.82, 2.24) is 24.5 Å². The van der Waals surface area contributed by atoms with Crippen molar-refractivity contribution < 1.29 is 24.2 Å². The number of aromatic hydroxyl groups is 1. The number of rotatable bonds is 5. The molecule has 0 radical (unpaired) electrons. The van der Waals surface area contributed by atoms with Crippen LogP contribution in [0.15, 0.2) is 54.9 Å². The summed E-state index contributed by atoms with van der Waals surface area (Å²) in [7, 11) is 0. The molecule has 0 saturated carbocycles. The van der Waals surface area contributed by atoms with E-state index in [-0.39, 0.29) is 36.8 Å². The van der Waals surface area contributed by atoms with E-state index in [1.807, 2.05) is 30.3 Å². The number of benzene rings is 2. The Kier molecular flexibility index (Phi) is 5.09. The summed E-state index contributed by atoms with van der Waals surface area (Å²) < 4.78 is 13.8. The molecule has 4 aromatic rings. The Bertz CT molecular complexity index is 1360. The fourth-order valence-corrected chi connectivity index (χ4v) is 3.77. The molecule has 0 saturated heterocycles. The van der Waals surface area contributed by atoms with Crippen LogP contribution in [0.3, 0.4) is 0 Å². The van der Waals surface area contributed by atoms with Gasteiger partial charge in [0.25, 0.3) is 0 Å². The summed E-state index contributed by atoms with van der Waals surface area (Å²) in [5.41, 5.74) is 3.01. The zero-order valence-electron chi connectivity index (χ0n) is 17.6. The maximum Gasteiger partial charge on any atom is 0.360 e. The first-order valence-electron chi connectivity index (χ1n) is 10.3. The third kappa shape index (κ3) is 3.61. The van der Waals surface area contributed by atoms with E-state index in [1.165, 1.54) is 23.1 Å². The maximum absolute atomic E-state index is 12.9. The zero-order chi connectivity index (χ0) is 22.9. The summed E-state index contributed by atoms with van der Waals surface area (Å²) in [5.74, 6) is -1.20. The van der Waals surface area contributed by atoms with Gasteiger partial charge in [0.15, 0.2) is 11.4 Å². The van der Waals surface area contributed by atoms with Crippen molar-refractivity contribution in [2.75, 3.05) is 6.61 Å². The van der Waals surface area contributed by atoms with E-state index in [1.54, 1.807) is 17.6 Å². The number of carbonyl (C=O) groups excluding carboxylic acids is 2. The lowest BCUT2D eigenvalue weighted by Crippen LogP contribution is -2.13. The summed E-state index contributed by atoms with van der Waals surface area (Å²) in [4.78, 5) is 29.7. The Labute approximate surface area is 188 Å². The van der Waals surface area contributed by atoms with Crippen molar-refractivity contribution in [2.45, 2.75) is 20.0 Å². The first-order valence-corrected chi connectivity index (χ1v) is 10.3. The number of imidazole rings is 1. The van der Waals surface area contributed by atoms with E-state index in [9.17, 15) is 14.7 Å². The number of hydrogen-bond acceptors (Lipinski definition) is 8. The van der Waals surface area contributed by atoms with Gasteiger partial charge in [-0.2, -0.15) is 0 Å². The van der Waals surface area contributed by atoms with Crippen LogP contribution in [0.5, 0.6) is 5.75 Å². The standard InChI is InChI=1S/C23H19N5O5/c1-2-32-23(31)21-19-11-18-20(22(30)33-12-14-6-4-3-5-7-14)24-13-27(18)16-9-8-15(29)10-17(16)28(19)26-25-21/h3-10,13,29H,2,11-12H2,1H3. The molecule has 0 amide bonds.